The summed E-state index contributed by atoms with van der Waals surface area (Å²) in [7, 11) is 1.62. The molecule has 136 valence electrons. The number of methoxy groups -OCH3 is 1. The molecule has 0 unspecified atom stereocenters. The third-order valence-electron chi connectivity index (χ3n) is 4.55. The van der Waals surface area contributed by atoms with E-state index in [1.807, 2.05) is 43.1 Å². The van der Waals surface area contributed by atoms with Gasteiger partial charge in [-0.15, -0.1) is 0 Å². The highest BCUT2D eigenvalue weighted by Crippen LogP contribution is 2.20. The molecule has 0 atom stereocenters. The smallest absolute Gasteiger partial charge is 0.212 e. The van der Waals surface area contributed by atoms with Gasteiger partial charge in [0.05, 0.1) is 7.11 Å². The van der Waals surface area contributed by atoms with Crippen molar-refractivity contribution < 1.29 is 4.74 Å². The summed E-state index contributed by atoms with van der Waals surface area (Å²) in [6, 6.07) is 6.05. The third-order valence-corrected chi connectivity index (χ3v) is 4.55. The van der Waals surface area contributed by atoms with E-state index in [2.05, 4.69) is 37.9 Å². The van der Waals surface area contributed by atoms with E-state index in [0.29, 0.717) is 5.88 Å². The van der Waals surface area contributed by atoms with Gasteiger partial charge in [0.15, 0.2) is 0 Å². The molecule has 0 saturated heterocycles. The summed E-state index contributed by atoms with van der Waals surface area (Å²) in [5.74, 6) is 1.47. The van der Waals surface area contributed by atoms with Gasteiger partial charge in [-0.25, -0.2) is 19.9 Å². The van der Waals surface area contributed by atoms with E-state index < -0.39 is 0 Å². The van der Waals surface area contributed by atoms with Crippen LogP contribution in [0.4, 0.5) is 0 Å². The van der Waals surface area contributed by atoms with Crippen LogP contribution in [0.25, 0.3) is 11.0 Å². The number of hydrogen-bond donors (Lipinski definition) is 1. The molecule has 0 bridgehead atoms. The summed E-state index contributed by atoms with van der Waals surface area (Å²) in [5.41, 5.74) is 5.52. The molecule has 6 nitrogen and oxygen atoms in total. The van der Waals surface area contributed by atoms with Crippen LogP contribution in [0.5, 0.6) is 5.88 Å². The quantitative estimate of drug-likeness (QED) is 0.571. The lowest BCUT2D eigenvalue weighted by Gasteiger charge is -2.04. The van der Waals surface area contributed by atoms with Crippen molar-refractivity contribution in [1.82, 2.24) is 24.9 Å². The van der Waals surface area contributed by atoms with Crippen molar-refractivity contribution in [2.75, 3.05) is 7.11 Å². The monoisotopic (exact) mass is 359 g/mol. The van der Waals surface area contributed by atoms with E-state index in [0.717, 1.165) is 52.8 Å². The maximum absolute atomic E-state index is 5.08. The number of aryl methyl sites for hydroxylation is 3. The molecule has 0 saturated carbocycles. The first-order chi connectivity index (χ1) is 13.2. The summed E-state index contributed by atoms with van der Waals surface area (Å²) in [5, 5.41) is 1.16. The van der Waals surface area contributed by atoms with Gasteiger partial charge in [-0.3, -0.25) is 0 Å². The Hall–Kier alpha value is -3.28. The van der Waals surface area contributed by atoms with Gasteiger partial charge in [0.2, 0.25) is 5.88 Å². The third kappa shape index (κ3) is 3.95. The summed E-state index contributed by atoms with van der Waals surface area (Å²) in [6.07, 6.45) is 12.0. The molecule has 0 radical (unpaired) electrons. The number of hydrogen-bond acceptors (Lipinski definition) is 5. The number of H-pyrrole nitrogens is 1. The molecule has 0 aliphatic carbocycles. The van der Waals surface area contributed by atoms with Gasteiger partial charge in [-0.1, -0.05) is 6.07 Å². The predicted octanol–water partition coefficient (Wildman–Crippen LogP) is 3.44. The Balaban J connectivity index is 1.41. The summed E-state index contributed by atoms with van der Waals surface area (Å²) < 4.78 is 5.08. The van der Waals surface area contributed by atoms with Crippen LogP contribution in [0, 0.1) is 6.92 Å². The molecule has 0 fully saturated rings. The van der Waals surface area contributed by atoms with Crippen molar-refractivity contribution in [3.63, 3.8) is 0 Å². The summed E-state index contributed by atoms with van der Waals surface area (Å²) in [4.78, 5) is 20.9. The molecule has 27 heavy (non-hydrogen) atoms. The summed E-state index contributed by atoms with van der Waals surface area (Å²) in [6.45, 7) is 2.06. The van der Waals surface area contributed by atoms with Crippen LogP contribution in [0.15, 0.2) is 49.2 Å². The largest absolute Gasteiger partial charge is 0.481 e. The first-order valence-electron chi connectivity index (χ1n) is 8.92. The van der Waals surface area contributed by atoms with Crippen LogP contribution in [0.3, 0.4) is 0 Å². The number of nitrogens with one attached hydrogen (secondary N) is 1. The first kappa shape index (κ1) is 17.1. The second-order valence-corrected chi connectivity index (χ2v) is 6.62. The Kier molecular flexibility index (Phi) is 4.78. The first-order valence-corrected chi connectivity index (χ1v) is 8.92. The Bertz CT molecular complexity index is 1040. The number of rotatable bonds is 6. The number of nitrogens with zero attached hydrogens (tertiary/aromatic N) is 4. The SMILES string of the molecule is COc1ccc(CCc2ncc(Cc3c[nH]c4ncc(C)cc34)cn2)cn1. The van der Waals surface area contributed by atoms with E-state index in [1.165, 1.54) is 5.56 Å². The van der Waals surface area contributed by atoms with Crippen molar-refractivity contribution in [3.8, 4) is 5.88 Å². The van der Waals surface area contributed by atoms with E-state index in [-0.39, 0.29) is 0 Å². The Labute approximate surface area is 157 Å². The van der Waals surface area contributed by atoms with Crippen LogP contribution in [0.2, 0.25) is 0 Å². The average Bonchev–Trinajstić information content (AvgIpc) is 3.10. The molecular formula is C21H21N5O. The van der Waals surface area contributed by atoms with Gasteiger partial charge < -0.3 is 9.72 Å². The number of fused-ring (bicyclic) bond motifs is 1. The van der Waals surface area contributed by atoms with Crippen LogP contribution in [-0.2, 0) is 19.3 Å². The second kappa shape index (κ2) is 7.53. The highest BCUT2D eigenvalue weighted by Gasteiger charge is 2.07. The van der Waals surface area contributed by atoms with Gasteiger partial charge in [-0.05, 0) is 41.7 Å². The Morgan fingerprint density at radius 2 is 1.74 bits per heavy atom. The minimum atomic E-state index is 0.627. The molecule has 0 aliphatic heterocycles. The fourth-order valence-corrected chi connectivity index (χ4v) is 3.07. The highest BCUT2D eigenvalue weighted by molar-refractivity contribution is 5.80. The molecular weight excluding hydrogens is 338 g/mol. The van der Waals surface area contributed by atoms with Gasteiger partial charge in [0, 0.05) is 55.3 Å². The number of aromatic nitrogens is 5. The number of pyridine rings is 2. The average molecular weight is 359 g/mol. The Morgan fingerprint density at radius 1 is 0.926 bits per heavy atom. The van der Waals surface area contributed by atoms with Crippen molar-refractivity contribution >= 4 is 11.0 Å². The molecule has 0 amide bonds. The topological polar surface area (TPSA) is 76.6 Å². The van der Waals surface area contributed by atoms with Gasteiger partial charge >= 0.3 is 0 Å². The normalized spacial score (nSPS) is 11.0. The number of aromatic amines is 1. The van der Waals surface area contributed by atoms with Gasteiger partial charge in [0.1, 0.15) is 11.5 Å². The highest BCUT2D eigenvalue weighted by atomic mass is 16.5. The molecule has 4 aromatic rings. The fraction of sp³-hybridized carbons (Fsp3) is 0.238. The molecule has 4 rings (SSSR count). The molecule has 0 aromatic carbocycles. The molecule has 6 heteroatoms. The van der Waals surface area contributed by atoms with Crippen molar-refractivity contribution in [3.05, 3.63) is 77.3 Å². The van der Waals surface area contributed by atoms with Gasteiger partial charge in [0.25, 0.3) is 0 Å². The fourth-order valence-electron chi connectivity index (χ4n) is 3.07. The minimum absolute atomic E-state index is 0.627. The Morgan fingerprint density at radius 3 is 2.48 bits per heavy atom. The van der Waals surface area contributed by atoms with Crippen molar-refractivity contribution in [1.29, 1.82) is 0 Å². The van der Waals surface area contributed by atoms with E-state index in [1.54, 1.807) is 7.11 Å². The second-order valence-electron chi connectivity index (χ2n) is 6.62. The standard InChI is InChI=1S/C21H21N5O/c1-14-7-18-17(13-26-21(18)25-9-14)8-16-11-22-19(23-12-16)5-3-15-4-6-20(27-2)24-10-15/h4,6-7,9-13H,3,5,8H2,1-2H3,(H,25,26). The lowest BCUT2D eigenvalue weighted by Crippen LogP contribution is -2.00. The van der Waals surface area contributed by atoms with Crippen molar-refractivity contribution in [2.45, 2.75) is 26.2 Å². The maximum Gasteiger partial charge on any atom is 0.212 e. The van der Waals surface area contributed by atoms with E-state index in [9.17, 15) is 0 Å². The zero-order valence-corrected chi connectivity index (χ0v) is 15.4. The number of ether oxygens (including phenoxy) is 1. The minimum Gasteiger partial charge on any atom is -0.481 e. The van der Waals surface area contributed by atoms with Crippen LogP contribution in [0.1, 0.15) is 28.1 Å². The molecule has 0 aliphatic rings. The van der Waals surface area contributed by atoms with Crippen molar-refractivity contribution in [2.24, 2.45) is 0 Å². The lowest BCUT2D eigenvalue weighted by atomic mass is 10.1. The van der Waals surface area contributed by atoms with Gasteiger partial charge in [-0.2, -0.15) is 0 Å². The molecule has 1 N–H and O–H groups in total. The zero-order valence-electron chi connectivity index (χ0n) is 15.4. The molecule has 4 heterocycles. The molecule has 0 spiro atoms. The van der Waals surface area contributed by atoms with Crippen LogP contribution < -0.4 is 4.74 Å². The summed E-state index contributed by atoms with van der Waals surface area (Å²) >= 11 is 0. The zero-order chi connectivity index (χ0) is 18.6. The van der Waals surface area contributed by atoms with E-state index >= 15 is 0 Å². The predicted molar refractivity (Wildman–Crippen MR) is 104 cm³/mol. The van der Waals surface area contributed by atoms with Crippen LogP contribution in [-0.4, -0.2) is 32.0 Å². The van der Waals surface area contributed by atoms with Crippen LogP contribution >= 0.6 is 0 Å². The van der Waals surface area contributed by atoms with E-state index in [4.69, 9.17) is 4.74 Å². The lowest BCUT2D eigenvalue weighted by molar-refractivity contribution is 0.397. The maximum atomic E-state index is 5.08. The molecule has 4 aromatic heterocycles.